The van der Waals surface area contributed by atoms with E-state index in [0.29, 0.717) is 10.7 Å². The Morgan fingerprint density at radius 1 is 1.22 bits per heavy atom. The van der Waals surface area contributed by atoms with Crippen molar-refractivity contribution in [3.05, 3.63) is 28.8 Å². The van der Waals surface area contributed by atoms with Gasteiger partial charge in [-0.25, -0.2) is 0 Å². The van der Waals surface area contributed by atoms with Crippen molar-refractivity contribution in [3.63, 3.8) is 0 Å². The van der Waals surface area contributed by atoms with Crippen molar-refractivity contribution in [1.29, 1.82) is 0 Å². The van der Waals surface area contributed by atoms with Crippen LogP contribution in [0.2, 0.25) is 5.02 Å². The number of nitrogen functional groups attached to an aromatic ring is 1. The molecule has 0 atom stereocenters. The Morgan fingerprint density at radius 2 is 1.89 bits per heavy atom. The fourth-order valence-corrected chi connectivity index (χ4v) is 2.99. The zero-order valence-corrected chi connectivity index (χ0v) is 11.9. The standard InChI is InChI=1S/C15H23ClN2/c1-18(13-6-4-2-3-5-7-13)11-12-8-9-15(17)14(16)10-12/h8-10,13H,2-7,11,17H2,1H3. The van der Waals surface area contributed by atoms with E-state index in [4.69, 9.17) is 17.3 Å². The molecule has 2 N–H and O–H groups in total. The molecule has 0 unspecified atom stereocenters. The third-order valence-corrected chi connectivity index (χ3v) is 4.27. The monoisotopic (exact) mass is 266 g/mol. The van der Waals surface area contributed by atoms with Gasteiger partial charge in [-0.15, -0.1) is 0 Å². The summed E-state index contributed by atoms with van der Waals surface area (Å²) in [7, 11) is 2.22. The Morgan fingerprint density at radius 3 is 2.50 bits per heavy atom. The van der Waals surface area contributed by atoms with Crippen molar-refractivity contribution in [3.8, 4) is 0 Å². The van der Waals surface area contributed by atoms with Crippen LogP contribution in [0, 0.1) is 0 Å². The van der Waals surface area contributed by atoms with Gasteiger partial charge in [0.25, 0.3) is 0 Å². The summed E-state index contributed by atoms with van der Waals surface area (Å²) in [6.45, 7) is 0.963. The van der Waals surface area contributed by atoms with Gasteiger partial charge in [-0.05, 0) is 37.6 Å². The molecule has 18 heavy (non-hydrogen) atoms. The maximum atomic E-state index is 6.07. The quantitative estimate of drug-likeness (QED) is 0.660. The summed E-state index contributed by atoms with van der Waals surface area (Å²) in [5, 5.41) is 0.668. The van der Waals surface area contributed by atoms with Gasteiger partial charge in [-0.1, -0.05) is 43.4 Å². The van der Waals surface area contributed by atoms with Gasteiger partial charge in [0.2, 0.25) is 0 Å². The van der Waals surface area contributed by atoms with Crippen molar-refractivity contribution in [2.75, 3.05) is 12.8 Å². The second kappa shape index (κ2) is 6.44. The zero-order valence-electron chi connectivity index (χ0n) is 11.2. The summed E-state index contributed by atoms with van der Waals surface area (Å²) < 4.78 is 0. The number of hydrogen-bond acceptors (Lipinski definition) is 2. The molecule has 1 aromatic carbocycles. The largest absolute Gasteiger partial charge is 0.398 e. The molecule has 1 aliphatic carbocycles. The minimum Gasteiger partial charge on any atom is -0.398 e. The first kappa shape index (κ1) is 13.7. The molecule has 0 bridgehead atoms. The molecule has 0 spiro atoms. The predicted molar refractivity (Wildman–Crippen MR) is 78.8 cm³/mol. The molecule has 0 aromatic heterocycles. The fraction of sp³-hybridized carbons (Fsp3) is 0.600. The maximum Gasteiger partial charge on any atom is 0.0638 e. The summed E-state index contributed by atoms with van der Waals surface area (Å²) in [5.41, 5.74) is 7.65. The van der Waals surface area contributed by atoms with Crippen LogP contribution in [-0.2, 0) is 6.54 Å². The highest BCUT2D eigenvalue weighted by molar-refractivity contribution is 6.33. The summed E-state index contributed by atoms with van der Waals surface area (Å²) in [6.07, 6.45) is 8.21. The van der Waals surface area contributed by atoms with Gasteiger partial charge < -0.3 is 5.73 Å². The average Bonchev–Trinajstić information content (AvgIpc) is 2.62. The van der Waals surface area contributed by atoms with Gasteiger partial charge in [0.1, 0.15) is 0 Å². The smallest absolute Gasteiger partial charge is 0.0638 e. The Hall–Kier alpha value is -0.730. The molecule has 2 rings (SSSR count). The van der Waals surface area contributed by atoms with Gasteiger partial charge in [0.05, 0.1) is 10.7 Å². The minimum absolute atomic E-state index is 0.664. The van der Waals surface area contributed by atoms with Crippen molar-refractivity contribution >= 4 is 17.3 Å². The van der Waals surface area contributed by atoms with Crippen LogP contribution >= 0.6 is 11.6 Å². The van der Waals surface area contributed by atoms with Crippen LogP contribution in [-0.4, -0.2) is 18.0 Å². The van der Waals surface area contributed by atoms with Crippen LogP contribution in [0.15, 0.2) is 18.2 Å². The van der Waals surface area contributed by atoms with E-state index in [1.807, 2.05) is 12.1 Å². The van der Waals surface area contributed by atoms with Crippen molar-refractivity contribution < 1.29 is 0 Å². The van der Waals surface area contributed by atoms with Crippen LogP contribution in [0.25, 0.3) is 0 Å². The summed E-state index contributed by atoms with van der Waals surface area (Å²) in [6, 6.07) is 6.70. The van der Waals surface area contributed by atoms with E-state index in [9.17, 15) is 0 Å². The topological polar surface area (TPSA) is 29.3 Å². The lowest BCUT2D eigenvalue weighted by Crippen LogP contribution is -2.30. The second-order valence-electron chi connectivity index (χ2n) is 5.42. The molecule has 0 amide bonds. The first-order valence-corrected chi connectivity index (χ1v) is 7.29. The molecule has 100 valence electrons. The Kier molecular flexibility index (Phi) is 4.90. The Bertz CT molecular complexity index is 384. The molecule has 1 fully saturated rings. The Balaban J connectivity index is 1.96. The molecule has 1 aromatic rings. The predicted octanol–water partition coefficient (Wildman–Crippen LogP) is 4.08. The zero-order chi connectivity index (χ0) is 13.0. The number of rotatable bonds is 3. The number of nitrogens with zero attached hydrogens (tertiary/aromatic N) is 1. The number of benzene rings is 1. The molecular formula is C15H23ClN2. The van der Waals surface area contributed by atoms with E-state index in [1.54, 1.807) is 0 Å². The number of anilines is 1. The highest BCUT2D eigenvalue weighted by atomic mass is 35.5. The van der Waals surface area contributed by atoms with Crippen molar-refractivity contribution in [1.82, 2.24) is 4.90 Å². The highest BCUT2D eigenvalue weighted by Crippen LogP contribution is 2.24. The minimum atomic E-state index is 0.664. The van der Waals surface area contributed by atoms with E-state index in [0.717, 1.165) is 12.6 Å². The molecule has 0 aliphatic heterocycles. The van der Waals surface area contributed by atoms with Crippen molar-refractivity contribution in [2.24, 2.45) is 0 Å². The lowest BCUT2D eigenvalue weighted by Gasteiger charge is -2.27. The third-order valence-electron chi connectivity index (χ3n) is 3.94. The molecule has 1 saturated carbocycles. The Labute approximate surface area is 115 Å². The van der Waals surface area contributed by atoms with Crippen LogP contribution in [0.3, 0.4) is 0 Å². The van der Waals surface area contributed by atoms with E-state index in [-0.39, 0.29) is 0 Å². The van der Waals surface area contributed by atoms with Gasteiger partial charge in [-0.2, -0.15) is 0 Å². The molecule has 0 radical (unpaired) electrons. The normalized spacial score (nSPS) is 17.9. The lowest BCUT2D eigenvalue weighted by molar-refractivity contribution is 0.213. The summed E-state index contributed by atoms with van der Waals surface area (Å²) >= 11 is 6.07. The second-order valence-corrected chi connectivity index (χ2v) is 5.82. The van der Waals surface area contributed by atoms with E-state index in [1.165, 1.54) is 44.1 Å². The number of nitrogens with two attached hydrogens (primary N) is 1. The van der Waals surface area contributed by atoms with Gasteiger partial charge in [0, 0.05) is 12.6 Å². The first-order valence-electron chi connectivity index (χ1n) is 6.91. The number of halogens is 1. The molecule has 2 nitrogen and oxygen atoms in total. The summed E-state index contributed by atoms with van der Waals surface area (Å²) in [5.74, 6) is 0. The maximum absolute atomic E-state index is 6.07. The SMILES string of the molecule is CN(Cc1ccc(N)c(Cl)c1)C1CCCCCC1. The molecular weight excluding hydrogens is 244 g/mol. The first-order chi connectivity index (χ1) is 8.66. The van der Waals surface area contributed by atoms with E-state index < -0.39 is 0 Å². The molecule has 3 heteroatoms. The van der Waals surface area contributed by atoms with Gasteiger partial charge in [-0.3, -0.25) is 4.90 Å². The van der Waals surface area contributed by atoms with E-state index >= 15 is 0 Å². The van der Waals surface area contributed by atoms with Crippen LogP contribution in [0.1, 0.15) is 44.1 Å². The number of hydrogen-bond donors (Lipinski definition) is 1. The molecule has 1 aliphatic rings. The lowest BCUT2D eigenvalue weighted by atomic mass is 10.1. The summed E-state index contributed by atoms with van der Waals surface area (Å²) in [4.78, 5) is 2.47. The van der Waals surface area contributed by atoms with Crippen LogP contribution in [0.5, 0.6) is 0 Å². The van der Waals surface area contributed by atoms with Crippen LogP contribution in [0.4, 0.5) is 5.69 Å². The van der Waals surface area contributed by atoms with Crippen LogP contribution < -0.4 is 5.73 Å². The van der Waals surface area contributed by atoms with Gasteiger partial charge >= 0.3 is 0 Å². The molecule has 0 heterocycles. The average molecular weight is 267 g/mol. The molecule has 0 saturated heterocycles. The van der Waals surface area contributed by atoms with Crippen molar-refractivity contribution in [2.45, 2.75) is 51.1 Å². The third kappa shape index (κ3) is 3.63. The van der Waals surface area contributed by atoms with Gasteiger partial charge in [0.15, 0.2) is 0 Å². The highest BCUT2D eigenvalue weighted by Gasteiger charge is 2.17. The fourth-order valence-electron chi connectivity index (χ4n) is 2.78. The van der Waals surface area contributed by atoms with E-state index in [2.05, 4.69) is 18.0 Å².